The SMILES string of the molecule is COc1ccc(NC(=O)COc2ccc(C(=O)OCCOc3cccc(Cl)c3)cc2OC)cc1. The molecule has 0 radical (unpaired) electrons. The second kappa shape index (κ2) is 12.4. The van der Waals surface area contributed by atoms with Gasteiger partial charge in [-0.05, 0) is 60.7 Å². The van der Waals surface area contributed by atoms with Gasteiger partial charge in [0, 0.05) is 10.7 Å². The predicted octanol–water partition coefficient (Wildman–Crippen LogP) is 4.61. The van der Waals surface area contributed by atoms with E-state index in [1.807, 2.05) is 0 Å². The molecule has 8 nitrogen and oxygen atoms in total. The Bertz CT molecular complexity index is 1120. The fourth-order valence-corrected chi connectivity index (χ4v) is 3.04. The largest absolute Gasteiger partial charge is 0.497 e. The normalized spacial score (nSPS) is 10.2. The van der Waals surface area contributed by atoms with Crippen LogP contribution >= 0.6 is 11.6 Å². The van der Waals surface area contributed by atoms with Gasteiger partial charge in [-0.25, -0.2) is 4.79 Å². The van der Waals surface area contributed by atoms with Gasteiger partial charge in [-0.2, -0.15) is 0 Å². The molecular formula is C25H24ClNO7. The molecule has 0 saturated heterocycles. The standard InChI is InChI=1S/C25H24ClNO7/c1-30-20-9-7-19(8-10-20)27-24(28)16-34-22-11-6-17(14-23(22)31-2)25(29)33-13-12-32-21-5-3-4-18(26)15-21/h3-11,14-15H,12-13,16H2,1-2H3,(H,27,28). The number of nitrogens with one attached hydrogen (secondary N) is 1. The zero-order valence-electron chi connectivity index (χ0n) is 18.7. The summed E-state index contributed by atoms with van der Waals surface area (Å²) in [5.74, 6) is 0.983. The van der Waals surface area contributed by atoms with Crippen molar-refractivity contribution >= 4 is 29.2 Å². The van der Waals surface area contributed by atoms with Crippen LogP contribution in [-0.4, -0.2) is 45.9 Å². The molecule has 3 aromatic carbocycles. The molecule has 0 fully saturated rings. The highest BCUT2D eigenvalue weighted by atomic mass is 35.5. The number of hydrogen-bond donors (Lipinski definition) is 1. The number of benzene rings is 3. The third-order valence-corrected chi connectivity index (χ3v) is 4.75. The van der Waals surface area contributed by atoms with Crippen molar-refractivity contribution < 1.29 is 33.3 Å². The van der Waals surface area contributed by atoms with Gasteiger partial charge in [0.1, 0.15) is 24.7 Å². The molecule has 0 bridgehead atoms. The summed E-state index contributed by atoms with van der Waals surface area (Å²) < 4.78 is 26.7. The van der Waals surface area contributed by atoms with E-state index < -0.39 is 5.97 Å². The monoisotopic (exact) mass is 485 g/mol. The molecule has 34 heavy (non-hydrogen) atoms. The lowest BCUT2D eigenvalue weighted by Crippen LogP contribution is -2.20. The highest BCUT2D eigenvalue weighted by Crippen LogP contribution is 2.28. The maximum atomic E-state index is 12.3. The molecule has 0 aliphatic carbocycles. The van der Waals surface area contributed by atoms with Crippen LogP contribution in [0.1, 0.15) is 10.4 Å². The fraction of sp³-hybridized carbons (Fsp3) is 0.200. The minimum absolute atomic E-state index is 0.0530. The molecular weight excluding hydrogens is 462 g/mol. The van der Waals surface area contributed by atoms with Gasteiger partial charge in [-0.3, -0.25) is 4.79 Å². The van der Waals surface area contributed by atoms with Crippen molar-refractivity contribution in [2.24, 2.45) is 0 Å². The summed E-state index contributed by atoms with van der Waals surface area (Å²) in [4.78, 5) is 24.5. The Morgan fingerprint density at radius 1 is 0.824 bits per heavy atom. The maximum absolute atomic E-state index is 12.3. The van der Waals surface area contributed by atoms with Crippen LogP contribution in [0.5, 0.6) is 23.0 Å². The number of carbonyl (C=O) groups excluding carboxylic acids is 2. The first-order valence-corrected chi connectivity index (χ1v) is 10.7. The number of anilines is 1. The molecule has 0 aliphatic rings. The molecule has 0 aliphatic heterocycles. The molecule has 3 rings (SSSR count). The van der Waals surface area contributed by atoms with Crippen LogP contribution in [0.15, 0.2) is 66.7 Å². The summed E-state index contributed by atoms with van der Waals surface area (Å²) in [6.07, 6.45) is 0. The first-order valence-electron chi connectivity index (χ1n) is 10.3. The lowest BCUT2D eigenvalue weighted by atomic mass is 10.2. The zero-order valence-corrected chi connectivity index (χ0v) is 19.5. The average molecular weight is 486 g/mol. The number of halogens is 1. The number of esters is 1. The summed E-state index contributed by atoms with van der Waals surface area (Å²) in [5, 5.41) is 3.28. The Kier molecular flexibility index (Phi) is 8.99. The van der Waals surface area contributed by atoms with E-state index in [0.29, 0.717) is 33.7 Å². The van der Waals surface area contributed by atoms with E-state index >= 15 is 0 Å². The second-order valence-corrected chi connectivity index (χ2v) is 7.31. The van der Waals surface area contributed by atoms with Gasteiger partial charge in [0.15, 0.2) is 18.1 Å². The number of amides is 1. The minimum Gasteiger partial charge on any atom is -0.497 e. The predicted molar refractivity (Wildman–Crippen MR) is 127 cm³/mol. The third-order valence-electron chi connectivity index (χ3n) is 4.51. The van der Waals surface area contributed by atoms with Gasteiger partial charge in [-0.1, -0.05) is 17.7 Å². The van der Waals surface area contributed by atoms with E-state index in [4.69, 9.17) is 35.3 Å². The quantitative estimate of drug-likeness (QED) is 0.313. The molecule has 178 valence electrons. The Morgan fingerprint density at radius 3 is 2.32 bits per heavy atom. The van der Waals surface area contributed by atoms with Crippen LogP contribution < -0.4 is 24.3 Å². The number of ether oxygens (including phenoxy) is 5. The van der Waals surface area contributed by atoms with Gasteiger partial charge in [-0.15, -0.1) is 0 Å². The van der Waals surface area contributed by atoms with Gasteiger partial charge in [0.2, 0.25) is 0 Å². The van der Waals surface area contributed by atoms with E-state index in [2.05, 4.69) is 5.32 Å². The minimum atomic E-state index is -0.545. The third kappa shape index (κ3) is 7.31. The molecule has 0 unspecified atom stereocenters. The van der Waals surface area contributed by atoms with Crippen molar-refractivity contribution in [2.75, 3.05) is 39.4 Å². The van der Waals surface area contributed by atoms with Crippen molar-refractivity contribution in [3.05, 3.63) is 77.3 Å². The molecule has 1 N–H and O–H groups in total. The second-order valence-electron chi connectivity index (χ2n) is 6.87. The van der Waals surface area contributed by atoms with Gasteiger partial charge >= 0.3 is 5.97 Å². The molecule has 0 atom stereocenters. The molecule has 0 aromatic heterocycles. The number of carbonyl (C=O) groups is 2. The topological polar surface area (TPSA) is 92.3 Å². The Morgan fingerprint density at radius 2 is 1.62 bits per heavy atom. The number of rotatable bonds is 11. The van der Waals surface area contributed by atoms with E-state index in [0.717, 1.165) is 0 Å². The lowest BCUT2D eigenvalue weighted by molar-refractivity contribution is -0.118. The van der Waals surface area contributed by atoms with Crippen molar-refractivity contribution in [2.45, 2.75) is 0 Å². The Hall–Kier alpha value is -3.91. The van der Waals surface area contributed by atoms with Crippen molar-refractivity contribution in [3.63, 3.8) is 0 Å². The Balaban J connectivity index is 1.48. The average Bonchev–Trinajstić information content (AvgIpc) is 2.85. The molecule has 0 saturated carbocycles. The molecule has 3 aromatic rings. The van der Waals surface area contributed by atoms with E-state index in [1.165, 1.54) is 19.2 Å². The van der Waals surface area contributed by atoms with Crippen LogP contribution in [0.3, 0.4) is 0 Å². The van der Waals surface area contributed by atoms with Crippen molar-refractivity contribution in [1.82, 2.24) is 0 Å². The van der Waals surface area contributed by atoms with E-state index in [9.17, 15) is 9.59 Å². The fourth-order valence-electron chi connectivity index (χ4n) is 2.86. The van der Waals surface area contributed by atoms with Crippen molar-refractivity contribution in [3.8, 4) is 23.0 Å². The summed E-state index contributed by atoms with van der Waals surface area (Å²) in [6.45, 7) is -0.0157. The molecule has 9 heteroatoms. The number of hydrogen-bond acceptors (Lipinski definition) is 7. The first-order chi connectivity index (χ1) is 16.5. The zero-order chi connectivity index (χ0) is 24.3. The van der Waals surface area contributed by atoms with E-state index in [-0.39, 0.29) is 31.3 Å². The molecule has 0 spiro atoms. The highest BCUT2D eigenvalue weighted by Gasteiger charge is 2.14. The van der Waals surface area contributed by atoms with Crippen LogP contribution in [0, 0.1) is 0 Å². The van der Waals surface area contributed by atoms with Crippen molar-refractivity contribution in [1.29, 1.82) is 0 Å². The summed E-state index contributed by atoms with van der Waals surface area (Å²) in [5.41, 5.74) is 0.883. The number of methoxy groups -OCH3 is 2. The van der Waals surface area contributed by atoms with E-state index in [1.54, 1.807) is 61.7 Å². The van der Waals surface area contributed by atoms with Gasteiger partial charge in [0.05, 0.1) is 19.8 Å². The van der Waals surface area contributed by atoms with Gasteiger partial charge in [0.25, 0.3) is 5.91 Å². The Labute approximate surface area is 202 Å². The smallest absolute Gasteiger partial charge is 0.338 e. The van der Waals surface area contributed by atoms with Crippen LogP contribution in [0.25, 0.3) is 0 Å². The van der Waals surface area contributed by atoms with Crippen LogP contribution in [0.4, 0.5) is 5.69 Å². The van der Waals surface area contributed by atoms with Gasteiger partial charge < -0.3 is 29.0 Å². The summed E-state index contributed by atoms with van der Waals surface area (Å²) in [6, 6.07) is 18.4. The summed E-state index contributed by atoms with van der Waals surface area (Å²) >= 11 is 5.90. The van der Waals surface area contributed by atoms with Crippen LogP contribution in [0.2, 0.25) is 5.02 Å². The lowest BCUT2D eigenvalue weighted by Gasteiger charge is -2.12. The van der Waals surface area contributed by atoms with Crippen LogP contribution in [-0.2, 0) is 9.53 Å². The maximum Gasteiger partial charge on any atom is 0.338 e. The molecule has 1 amide bonds. The highest BCUT2D eigenvalue weighted by molar-refractivity contribution is 6.30. The first kappa shape index (κ1) is 24.7. The molecule has 0 heterocycles. The summed E-state index contributed by atoms with van der Waals surface area (Å²) in [7, 11) is 3.00.